The number of aliphatic carboxylic acids is 1. The molecule has 120 valence electrons. The lowest BCUT2D eigenvalue weighted by Crippen LogP contribution is -2.43. The van der Waals surface area contributed by atoms with Crippen LogP contribution in [0.1, 0.15) is 18.1 Å². The number of fused-ring (bicyclic) bond motifs is 1. The minimum atomic E-state index is -0.964. The van der Waals surface area contributed by atoms with E-state index in [9.17, 15) is 14.7 Å². The third-order valence-electron chi connectivity index (χ3n) is 5.36. The lowest BCUT2D eigenvalue weighted by Gasteiger charge is -2.27. The molecule has 3 heterocycles. The van der Waals surface area contributed by atoms with Gasteiger partial charge in [0, 0.05) is 6.54 Å². The van der Waals surface area contributed by atoms with E-state index in [0.717, 1.165) is 5.56 Å². The molecule has 5 heteroatoms. The largest absolute Gasteiger partial charge is 0.481 e. The Hall–Kier alpha value is -2.14. The number of nitrogens with zero attached hydrogens (tertiary/aromatic N) is 1. The average molecular weight is 313 g/mol. The van der Waals surface area contributed by atoms with Crippen LogP contribution in [0.5, 0.6) is 0 Å². The first kappa shape index (κ1) is 14.5. The van der Waals surface area contributed by atoms with Crippen LogP contribution in [-0.2, 0) is 20.9 Å². The summed E-state index contributed by atoms with van der Waals surface area (Å²) in [5.74, 6) is -2.52. The van der Waals surface area contributed by atoms with Crippen LogP contribution in [0.2, 0.25) is 0 Å². The fourth-order valence-electron chi connectivity index (χ4n) is 4.27. The van der Waals surface area contributed by atoms with Gasteiger partial charge in [0.15, 0.2) is 0 Å². The number of benzene rings is 1. The molecule has 23 heavy (non-hydrogen) atoms. The zero-order valence-corrected chi connectivity index (χ0v) is 13.2. The number of hydrogen-bond donors (Lipinski definition) is 1. The van der Waals surface area contributed by atoms with Gasteiger partial charge in [0.05, 0.1) is 18.1 Å². The highest BCUT2D eigenvalue weighted by Crippen LogP contribution is 2.57. The number of carboxylic acid groups (broad SMARTS) is 1. The summed E-state index contributed by atoms with van der Waals surface area (Å²) >= 11 is 0. The average Bonchev–Trinajstić information content (AvgIpc) is 3.04. The number of carbonyl (C=O) groups is 2. The number of ether oxygens (including phenoxy) is 1. The quantitative estimate of drug-likeness (QED) is 0.863. The molecular weight excluding hydrogens is 294 g/mol. The molecule has 1 N–H and O–H groups in total. The van der Waals surface area contributed by atoms with Gasteiger partial charge in [-0.15, -0.1) is 0 Å². The summed E-state index contributed by atoms with van der Waals surface area (Å²) in [5, 5.41) is 9.58. The molecule has 2 saturated heterocycles. The van der Waals surface area contributed by atoms with Crippen molar-refractivity contribution in [2.75, 3.05) is 6.54 Å². The van der Waals surface area contributed by atoms with Crippen LogP contribution >= 0.6 is 0 Å². The minimum absolute atomic E-state index is 0.119. The maximum absolute atomic E-state index is 12.8. The lowest BCUT2D eigenvalue weighted by atomic mass is 9.72. The van der Waals surface area contributed by atoms with Crippen molar-refractivity contribution in [2.45, 2.75) is 31.6 Å². The maximum atomic E-state index is 12.8. The molecule has 4 atom stereocenters. The zero-order chi connectivity index (χ0) is 16.4. The van der Waals surface area contributed by atoms with E-state index in [2.05, 4.69) is 0 Å². The van der Waals surface area contributed by atoms with Crippen molar-refractivity contribution >= 4 is 11.9 Å². The first-order valence-electron chi connectivity index (χ1n) is 7.82. The Bertz CT molecular complexity index is 725. The second-order valence-corrected chi connectivity index (χ2v) is 7.05. The summed E-state index contributed by atoms with van der Waals surface area (Å²) in [6, 6.07) is 8.02. The zero-order valence-electron chi connectivity index (χ0n) is 13.2. The van der Waals surface area contributed by atoms with E-state index >= 15 is 0 Å². The Morgan fingerprint density at radius 2 is 2.04 bits per heavy atom. The van der Waals surface area contributed by atoms with Gasteiger partial charge in [-0.05, 0) is 19.4 Å². The number of hydrogen-bond acceptors (Lipinski definition) is 3. The van der Waals surface area contributed by atoms with E-state index in [1.54, 1.807) is 11.8 Å². The second-order valence-electron chi connectivity index (χ2n) is 7.05. The van der Waals surface area contributed by atoms with Crippen LogP contribution in [0.15, 0.2) is 36.4 Å². The highest BCUT2D eigenvalue weighted by atomic mass is 16.5. The predicted octanol–water partition coefficient (Wildman–Crippen LogP) is 1.75. The molecule has 0 saturated carbocycles. The van der Waals surface area contributed by atoms with Crippen molar-refractivity contribution in [1.29, 1.82) is 0 Å². The van der Waals surface area contributed by atoms with Crippen LogP contribution in [0.4, 0.5) is 0 Å². The van der Waals surface area contributed by atoms with Crippen molar-refractivity contribution in [1.82, 2.24) is 4.90 Å². The Kier molecular flexibility index (Phi) is 2.79. The van der Waals surface area contributed by atoms with Gasteiger partial charge in [-0.2, -0.15) is 0 Å². The summed E-state index contributed by atoms with van der Waals surface area (Å²) in [5.41, 5.74) is 0.555. The van der Waals surface area contributed by atoms with Gasteiger partial charge in [-0.1, -0.05) is 42.0 Å². The molecule has 0 aromatic heterocycles. The van der Waals surface area contributed by atoms with Crippen LogP contribution < -0.4 is 0 Å². The van der Waals surface area contributed by atoms with Crippen molar-refractivity contribution in [2.24, 2.45) is 11.8 Å². The smallest absolute Gasteiger partial charge is 0.310 e. The molecular formula is C18H19NO4. The lowest BCUT2D eigenvalue weighted by molar-refractivity contribution is -0.151. The second kappa shape index (κ2) is 4.45. The third kappa shape index (κ3) is 1.89. The molecule has 0 radical (unpaired) electrons. The minimum Gasteiger partial charge on any atom is -0.481 e. The molecule has 3 aliphatic heterocycles. The van der Waals surface area contributed by atoms with E-state index in [1.807, 2.05) is 43.3 Å². The standard InChI is InChI=1S/C18H19NO4/c1-11-3-5-12(6-4-11)9-19-10-18-8-7-17(2,23-18)14(16(21)22)13(18)15(19)20/h3-8,13-14H,9-10H2,1-2H3,(H,21,22)/t13-,14+,17+,18+/m0/s1. The topological polar surface area (TPSA) is 66.8 Å². The molecule has 2 fully saturated rings. The van der Waals surface area contributed by atoms with E-state index < -0.39 is 29.0 Å². The van der Waals surface area contributed by atoms with Crippen LogP contribution in [0.3, 0.4) is 0 Å². The van der Waals surface area contributed by atoms with Crippen molar-refractivity contribution in [3.63, 3.8) is 0 Å². The van der Waals surface area contributed by atoms with Gasteiger partial charge in [-0.25, -0.2) is 0 Å². The molecule has 3 aliphatic rings. The van der Waals surface area contributed by atoms with E-state index in [0.29, 0.717) is 13.1 Å². The molecule has 1 aromatic carbocycles. The van der Waals surface area contributed by atoms with Gasteiger partial charge >= 0.3 is 5.97 Å². The molecule has 2 bridgehead atoms. The highest BCUT2D eigenvalue weighted by Gasteiger charge is 2.71. The molecule has 0 aliphatic carbocycles. The summed E-state index contributed by atoms with van der Waals surface area (Å²) in [6.07, 6.45) is 3.70. The SMILES string of the molecule is Cc1ccc(CN2C[C@@]34C=C[C@@](C)(O3)[C@@H](C(=O)O)[C@H]4C2=O)cc1. The van der Waals surface area contributed by atoms with E-state index in [1.165, 1.54) is 5.56 Å². The molecule has 1 amide bonds. The fraction of sp³-hybridized carbons (Fsp3) is 0.444. The first-order valence-corrected chi connectivity index (χ1v) is 7.82. The number of carboxylic acids is 1. The first-order chi connectivity index (χ1) is 10.8. The Balaban J connectivity index is 1.64. The van der Waals surface area contributed by atoms with Gasteiger partial charge in [-0.3, -0.25) is 9.59 Å². The molecule has 0 unspecified atom stereocenters. The van der Waals surface area contributed by atoms with Crippen molar-refractivity contribution in [3.8, 4) is 0 Å². The molecule has 1 spiro atoms. The van der Waals surface area contributed by atoms with E-state index in [4.69, 9.17) is 4.74 Å². The Morgan fingerprint density at radius 1 is 1.35 bits per heavy atom. The van der Waals surface area contributed by atoms with Crippen LogP contribution in [0, 0.1) is 18.8 Å². The summed E-state index contributed by atoms with van der Waals surface area (Å²) in [4.78, 5) is 26.3. The fourth-order valence-corrected chi connectivity index (χ4v) is 4.27. The number of likely N-dealkylation sites (tertiary alicyclic amines) is 1. The maximum Gasteiger partial charge on any atom is 0.310 e. The highest BCUT2D eigenvalue weighted by molar-refractivity contribution is 5.91. The predicted molar refractivity (Wildman–Crippen MR) is 82.6 cm³/mol. The van der Waals surface area contributed by atoms with Gasteiger partial charge in [0.2, 0.25) is 5.91 Å². The molecule has 5 nitrogen and oxygen atoms in total. The van der Waals surface area contributed by atoms with Crippen LogP contribution in [0.25, 0.3) is 0 Å². The summed E-state index contributed by atoms with van der Waals surface area (Å²) in [7, 11) is 0. The van der Waals surface area contributed by atoms with Crippen molar-refractivity contribution < 1.29 is 19.4 Å². The van der Waals surface area contributed by atoms with Crippen molar-refractivity contribution in [3.05, 3.63) is 47.5 Å². The number of aryl methyl sites for hydroxylation is 1. The molecule has 1 aromatic rings. The summed E-state index contributed by atoms with van der Waals surface area (Å²) in [6.45, 7) is 4.68. The third-order valence-corrected chi connectivity index (χ3v) is 5.36. The van der Waals surface area contributed by atoms with Gasteiger partial charge < -0.3 is 14.7 Å². The normalized spacial score (nSPS) is 37.5. The number of amides is 1. The van der Waals surface area contributed by atoms with E-state index in [-0.39, 0.29) is 5.91 Å². The molecule has 4 rings (SSSR count). The van der Waals surface area contributed by atoms with Gasteiger partial charge in [0.25, 0.3) is 0 Å². The number of rotatable bonds is 3. The summed E-state index contributed by atoms with van der Waals surface area (Å²) < 4.78 is 6.05. The number of carbonyl (C=O) groups excluding carboxylic acids is 1. The monoisotopic (exact) mass is 313 g/mol. The van der Waals surface area contributed by atoms with Crippen LogP contribution in [-0.4, -0.2) is 39.6 Å². The Morgan fingerprint density at radius 3 is 2.70 bits per heavy atom. The Labute approximate surface area is 134 Å². The van der Waals surface area contributed by atoms with Gasteiger partial charge in [0.1, 0.15) is 11.5 Å².